The minimum Gasteiger partial charge on any atom is -0.310 e. The second-order valence-corrected chi connectivity index (χ2v) is 16.8. The summed E-state index contributed by atoms with van der Waals surface area (Å²) in [5.41, 5.74) is 17.7. The van der Waals surface area contributed by atoms with Crippen molar-refractivity contribution in [1.82, 2.24) is 0 Å². The van der Waals surface area contributed by atoms with Gasteiger partial charge in [-0.15, -0.1) is 0 Å². The van der Waals surface area contributed by atoms with Crippen LogP contribution in [0.5, 0.6) is 0 Å². The molecule has 2 bridgehead atoms. The van der Waals surface area contributed by atoms with Crippen LogP contribution < -0.4 is 4.90 Å². The highest BCUT2D eigenvalue weighted by molar-refractivity contribution is 5.96. The lowest BCUT2D eigenvalue weighted by atomic mass is 9.49. The van der Waals surface area contributed by atoms with Crippen LogP contribution in [0.4, 0.5) is 17.1 Å². The van der Waals surface area contributed by atoms with E-state index < -0.39 is 0 Å². The molecule has 5 atom stereocenters. The summed E-state index contributed by atoms with van der Waals surface area (Å²) in [7, 11) is 0. The molecular formula is C50H47N. The van der Waals surface area contributed by atoms with E-state index in [1.807, 2.05) is 0 Å². The average molecular weight is 662 g/mol. The monoisotopic (exact) mass is 661 g/mol. The Morgan fingerprint density at radius 3 is 2.02 bits per heavy atom. The lowest BCUT2D eigenvalue weighted by Gasteiger charge is -2.54. The Bertz CT molecular complexity index is 2310. The van der Waals surface area contributed by atoms with Crippen LogP contribution in [0.3, 0.4) is 0 Å². The summed E-state index contributed by atoms with van der Waals surface area (Å²) in [4.78, 5) is 2.58. The zero-order chi connectivity index (χ0) is 34.5. The Morgan fingerprint density at radius 1 is 0.510 bits per heavy atom. The van der Waals surface area contributed by atoms with Crippen molar-refractivity contribution in [1.29, 1.82) is 0 Å². The maximum Gasteiger partial charge on any atom is 0.0543 e. The van der Waals surface area contributed by atoms with E-state index in [2.05, 4.69) is 172 Å². The molecule has 0 amide bonds. The Hall–Kier alpha value is -4.88. The van der Waals surface area contributed by atoms with E-state index in [0.29, 0.717) is 11.8 Å². The van der Waals surface area contributed by atoms with Gasteiger partial charge in [0.2, 0.25) is 0 Å². The molecule has 0 aliphatic heterocycles. The standard InChI is InChI=1S/C50H47N/c1-32-26-34-28-33(2)50(37(27-32)29-34)44-21-11-9-19-42(44)48-45(50)22-13-23-47(48)51(38-17-12-16-36(30-38)35-14-6-5-7-15-35)39-24-25-41-40-18-8-10-20-43(40)49(3,4)46(41)31-39/h5-25,30-34,37H,26-29H2,1-4H3/t32-,33+,34-,37-,50?/m0/s1. The van der Waals surface area contributed by atoms with Crippen molar-refractivity contribution in [2.45, 2.75) is 64.2 Å². The zero-order valence-corrected chi connectivity index (χ0v) is 30.4. The van der Waals surface area contributed by atoms with Gasteiger partial charge in [-0.1, -0.05) is 137 Å². The van der Waals surface area contributed by atoms with Crippen LogP contribution in [0.25, 0.3) is 33.4 Å². The molecule has 4 aliphatic carbocycles. The normalized spacial score (nSPS) is 24.8. The van der Waals surface area contributed by atoms with Gasteiger partial charge in [-0.3, -0.25) is 0 Å². The van der Waals surface area contributed by atoms with Crippen molar-refractivity contribution in [2.75, 3.05) is 4.90 Å². The quantitative estimate of drug-likeness (QED) is 0.182. The Balaban J connectivity index is 1.23. The van der Waals surface area contributed by atoms with Gasteiger partial charge >= 0.3 is 0 Å². The first-order valence-corrected chi connectivity index (χ1v) is 19.3. The van der Waals surface area contributed by atoms with Crippen LogP contribution in [0.2, 0.25) is 0 Å². The molecule has 1 nitrogen and oxygen atoms in total. The van der Waals surface area contributed by atoms with Crippen LogP contribution >= 0.6 is 0 Å². The molecule has 6 aromatic rings. The van der Waals surface area contributed by atoms with Crippen molar-refractivity contribution in [3.8, 4) is 33.4 Å². The third-order valence-corrected chi connectivity index (χ3v) is 13.6. The number of rotatable bonds is 4. The fourth-order valence-corrected chi connectivity index (χ4v) is 11.6. The summed E-state index contributed by atoms with van der Waals surface area (Å²) in [5, 5.41) is 0. The molecule has 0 radical (unpaired) electrons. The SMILES string of the molecule is C[C@H]1C[C@@H]2C[C@H](C1)C1(c3ccccc3-c3c(N(c4cccc(-c5ccccc5)c4)c4ccc5c(c4)C(C)(C)c4ccccc4-5)cccc31)[C@H](C)C2. The number of benzene rings is 6. The van der Waals surface area contributed by atoms with Gasteiger partial charge in [0.25, 0.3) is 0 Å². The molecule has 4 aliphatic rings. The maximum absolute atomic E-state index is 2.58. The molecule has 2 saturated carbocycles. The van der Waals surface area contributed by atoms with E-state index in [4.69, 9.17) is 0 Å². The number of fused-ring (bicyclic) bond motifs is 11. The largest absolute Gasteiger partial charge is 0.310 e. The molecule has 1 spiro atoms. The predicted molar refractivity (Wildman–Crippen MR) is 214 cm³/mol. The summed E-state index contributed by atoms with van der Waals surface area (Å²) in [6.07, 6.45) is 5.40. The third-order valence-electron chi connectivity index (χ3n) is 13.6. The minimum absolute atomic E-state index is 0.0479. The first kappa shape index (κ1) is 30.9. The molecule has 0 N–H and O–H groups in total. The van der Waals surface area contributed by atoms with Crippen molar-refractivity contribution in [2.24, 2.45) is 23.7 Å². The van der Waals surface area contributed by atoms with Crippen LogP contribution in [0.1, 0.15) is 75.6 Å². The minimum atomic E-state index is -0.0828. The molecule has 0 saturated heterocycles. The molecule has 0 heterocycles. The summed E-state index contributed by atoms with van der Waals surface area (Å²) in [5.74, 6) is 2.91. The van der Waals surface area contributed by atoms with E-state index >= 15 is 0 Å². The molecule has 51 heavy (non-hydrogen) atoms. The first-order chi connectivity index (χ1) is 24.9. The van der Waals surface area contributed by atoms with Crippen molar-refractivity contribution in [3.05, 3.63) is 162 Å². The lowest BCUT2D eigenvalue weighted by molar-refractivity contribution is 0.0426. The van der Waals surface area contributed by atoms with Gasteiger partial charge in [0.1, 0.15) is 0 Å². The van der Waals surface area contributed by atoms with Crippen molar-refractivity contribution < 1.29 is 0 Å². The topological polar surface area (TPSA) is 3.24 Å². The summed E-state index contributed by atoms with van der Waals surface area (Å²) in [6, 6.07) is 53.1. The highest BCUT2D eigenvalue weighted by atomic mass is 15.1. The number of hydrogen-bond acceptors (Lipinski definition) is 1. The Morgan fingerprint density at radius 2 is 1.18 bits per heavy atom. The summed E-state index contributed by atoms with van der Waals surface area (Å²) in [6.45, 7) is 9.88. The van der Waals surface area contributed by atoms with E-state index in [0.717, 1.165) is 11.8 Å². The molecule has 10 rings (SSSR count). The first-order valence-electron chi connectivity index (χ1n) is 19.3. The third kappa shape index (κ3) is 4.40. The fourth-order valence-electron chi connectivity index (χ4n) is 11.6. The number of hydrogen-bond donors (Lipinski definition) is 0. The fraction of sp³-hybridized carbons (Fsp3) is 0.280. The van der Waals surface area contributed by atoms with Gasteiger partial charge in [-0.25, -0.2) is 0 Å². The lowest BCUT2D eigenvalue weighted by Crippen LogP contribution is -2.49. The summed E-state index contributed by atoms with van der Waals surface area (Å²) >= 11 is 0. The zero-order valence-electron chi connectivity index (χ0n) is 30.4. The van der Waals surface area contributed by atoms with Gasteiger partial charge < -0.3 is 4.90 Å². The van der Waals surface area contributed by atoms with Gasteiger partial charge in [-0.05, 0) is 130 Å². The number of anilines is 3. The Labute approximate surface area is 304 Å². The highest BCUT2D eigenvalue weighted by Crippen LogP contribution is 2.66. The van der Waals surface area contributed by atoms with Crippen LogP contribution in [-0.4, -0.2) is 0 Å². The number of nitrogens with zero attached hydrogens (tertiary/aromatic N) is 1. The van der Waals surface area contributed by atoms with E-state index in [-0.39, 0.29) is 10.8 Å². The van der Waals surface area contributed by atoms with Crippen molar-refractivity contribution in [3.63, 3.8) is 0 Å². The molecule has 252 valence electrons. The van der Waals surface area contributed by atoms with Gasteiger partial charge in [-0.2, -0.15) is 0 Å². The predicted octanol–water partition coefficient (Wildman–Crippen LogP) is 13.5. The smallest absolute Gasteiger partial charge is 0.0543 e. The van der Waals surface area contributed by atoms with Gasteiger partial charge in [0, 0.05) is 27.8 Å². The molecular weight excluding hydrogens is 615 g/mol. The second kappa shape index (κ2) is 11.3. The molecule has 6 aromatic carbocycles. The maximum atomic E-state index is 2.58. The van der Waals surface area contributed by atoms with Gasteiger partial charge in [0.15, 0.2) is 0 Å². The Kier molecular flexibility index (Phi) is 6.85. The van der Waals surface area contributed by atoms with Crippen LogP contribution in [0, 0.1) is 23.7 Å². The van der Waals surface area contributed by atoms with Crippen molar-refractivity contribution >= 4 is 17.1 Å². The molecule has 1 heteroatoms. The highest BCUT2D eigenvalue weighted by Gasteiger charge is 2.57. The van der Waals surface area contributed by atoms with E-state index in [1.165, 1.54) is 87.3 Å². The van der Waals surface area contributed by atoms with E-state index in [1.54, 1.807) is 11.1 Å². The average Bonchev–Trinajstić information content (AvgIpc) is 3.58. The second-order valence-electron chi connectivity index (χ2n) is 16.8. The molecule has 2 fully saturated rings. The molecule has 1 unspecified atom stereocenters. The van der Waals surface area contributed by atoms with E-state index in [9.17, 15) is 0 Å². The van der Waals surface area contributed by atoms with Crippen LogP contribution in [-0.2, 0) is 10.8 Å². The molecule has 0 aromatic heterocycles. The summed E-state index contributed by atoms with van der Waals surface area (Å²) < 4.78 is 0. The van der Waals surface area contributed by atoms with Crippen LogP contribution in [0.15, 0.2) is 140 Å². The van der Waals surface area contributed by atoms with Gasteiger partial charge in [0.05, 0.1) is 5.69 Å².